The number of hydrogen-bond acceptors (Lipinski definition) is 21. The summed E-state index contributed by atoms with van der Waals surface area (Å²) in [5, 5.41) is 57.2. The molecule has 0 bridgehead atoms. The van der Waals surface area contributed by atoms with Crippen LogP contribution in [0.15, 0.2) is 82.5 Å². The topological polar surface area (TPSA) is 234 Å². The van der Waals surface area contributed by atoms with Crippen molar-refractivity contribution in [3.8, 4) is 23.3 Å². The fourth-order valence-electron chi connectivity index (χ4n) is 15.7. The van der Waals surface area contributed by atoms with Crippen LogP contribution in [0.25, 0.3) is 4.85 Å². The summed E-state index contributed by atoms with van der Waals surface area (Å²) in [6.45, 7) is 45.4. The number of fused-ring (bicyclic) bond motifs is 1. The van der Waals surface area contributed by atoms with E-state index in [4.69, 9.17) is 55.6 Å². The average Bonchev–Trinajstić information content (AvgIpc) is 1.11. The Bertz CT molecular complexity index is 5040. The minimum atomic E-state index is -4.66. The molecule has 2 saturated heterocycles. The summed E-state index contributed by atoms with van der Waals surface area (Å²) in [6, 6.07) is 9.08. The maximum atomic E-state index is 13.0. The number of halogens is 6. The zero-order valence-corrected chi connectivity index (χ0v) is 72.7. The highest BCUT2D eigenvalue weighted by Gasteiger charge is 2.41. The van der Waals surface area contributed by atoms with E-state index in [2.05, 4.69) is 159 Å². The van der Waals surface area contributed by atoms with E-state index in [0.717, 1.165) is 170 Å². The number of benzene rings is 4. The molecule has 0 radical (unpaired) electrons. The van der Waals surface area contributed by atoms with E-state index in [1.54, 1.807) is 27.4 Å². The van der Waals surface area contributed by atoms with Crippen molar-refractivity contribution in [1.29, 1.82) is 5.26 Å². The summed E-state index contributed by atoms with van der Waals surface area (Å²) in [5.41, 5.74) is 18.7. The first-order valence-electron chi connectivity index (χ1n) is 39.7. The van der Waals surface area contributed by atoms with Crippen molar-refractivity contribution in [3.63, 3.8) is 0 Å². The zero-order valence-electron chi connectivity index (χ0n) is 69.6. The molecule has 5 aliphatic heterocycles. The smallest absolute Gasteiger partial charge is 0.419 e. The van der Waals surface area contributed by atoms with Crippen LogP contribution in [0.4, 0.5) is 87.8 Å². The number of anilines is 4. The van der Waals surface area contributed by atoms with Crippen LogP contribution in [0.1, 0.15) is 192 Å². The minimum absolute atomic E-state index is 0.135. The monoisotopic (exact) mass is 1650 g/mol. The molecule has 1 unspecified atom stereocenters. The maximum absolute atomic E-state index is 13.0. The second kappa shape index (κ2) is 39.1. The lowest BCUT2D eigenvalue weighted by Gasteiger charge is -2.50. The minimum Gasteiger partial charge on any atom is -0.495 e. The van der Waals surface area contributed by atoms with Gasteiger partial charge in [0.2, 0.25) is 17.5 Å². The van der Waals surface area contributed by atoms with Gasteiger partial charge in [-0.15, -0.1) is 62.9 Å². The van der Waals surface area contributed by atoms with Gasteiger partial charge in [-0.3, -0.25) is 9.36 Å². The van der Waals surface area contributed by atoms with Crippen molar-refractivity contribution in [1.82, 2.24) is 34.3 Å². The summed E-state index contributed by atoms with van der Waals surface area (Å²) < 4.78 is 61.3. The number of nitrogens with zero attached hydrogens (tertiary/aromatic N) is 21. The van der Waals surface area contributed by atoms with Crippen molar-refractivity contribution < 1.29 is 27.4 Å². The fraction of sp³-hybridized carbons (Fsp3) is 0.524. The van der Waals surface area contributed by atoms with E-state index < -0.39 is 16.9 Å². The Morgan fingerprint density at radius 2 is 1.34 bits per heavy atom. The molecule has 1 atom stereocenters. The Balaban J connectivity index is 0.000000163. The summed E-state index contributed by atoms with van der Waals surface area (Å²) in [6.07, 6.45) is 15.2. The number of thioether (sulfide) groups is 1. The van der Waals surface area contributed by atoms with Crippen molar-refractivity contribution >= 4 is 121 Å². The van der Waals surface area contributed by atoms with Crippen molar-refractivity contribution in [2.45, 2.75) is 216 Å². The highest BCUT2D eigenvalue weighted by molar-refractivity contribution is 7.99. The van der Waals surface area contributed by atoms with Gasteiger partial charge in [0.25, 0.3) is 5.82 Å². The van der Waals surface area contributed by atoms with Gasteiger partial charge in [-0.1, -0.05) is 73.7 Å². The van der Waals surface area contributed by atoms with Crippen LogP contribution < -0.4 is 33.8 Å². The van der Waals surface area contributed by atoms with Gasteiger partial charge in [0.05, 0.1) is 82.0 Å². The number of hydrogen-bond donors (Lipinski definition) is 0. The van der Waals surface area contributed by atoms with Crippen LogP contribution in [0, 0.1) is 59.4 Å². The Morgan fingerprint density at radius 1 is 0.678 bits per heavy atom. The molecule has 5 aliphatic rings. The molecular weight excluding hydrogens is 1550 g/mol. The molecule has 31 heteroatoms. The van der Waals surface area contributed by atoms with Crippen LogP contribution in [0.3, 0.4) is 0 Å². The molecule has 0 saturated carbocycles. The van der Waals surface area contributed by atoms with Crippen LogP contribution in [0.5, 0.6) is 17.2 Å². The second-order valence-electron chi connectivity index (χ2n) is 30.1. The Morgan fingerprint density at radius 3 is 1.99 bits per heavy atom. The number of nitriles is 1. The lowest BCUT2D eigenvalue weighted by Crippen LogP contribution is -2.50. The van der Waals surface area contributed by atoms with Gasteiger partial charge in [0, 0.05) is 94.6 Å². The molecule has 8 aromatic rings. The summed E-state index contributed by atoms with van der Waals surface area (Å²) in [7, 11) is 5.72. The first-order valence-corrected chi connectivity index (χ1v) is 42.1. The third-order valence-corrected chi connectivity index (χ3v) is 23.5. The molecule has 614 valence electrons. The lowest BCUT2D eigenvalue weighted by molar-refractivity contribution is -0.137. The van der Waals surface area contributed by atoms with Crippen molar-refractivity contribution in [3.05, 3.63) is 130 Å². The highest BCUT2D eigenvalue weighted by atomic mass is 35.5. The van der Waals surface area contributed by atoms with Gasteiger partial charge < -0.3 is 38.7 Å². The SMILES string of the molecule is CCCc1c2c(cc(C)c1N=Nc1nn(C)cc1OCC)N(C)CCC2.CCOc1c(C)c(N=Nc2nc(Cl)c(C(F)(F)F)cc2Cl)c(C)c(C)c1N1CCCC1.CCn1cc(C#N)c(N=Nc2cc(OC)c(N3CCCCC3)cc2C)n1.[C-]#[N+]c1c(SC)c(N=Nc2c(C)c3c4c(c2Cl)CCC(C)(C)N4CCC3C)nn1CCC. The molecule has 0 aliphatic carbocycles. The van der Waals surface area contributed by atoms with Crippen LogP contribution in [0.2, 0.25) is 15.2 Å². The third-order valence-electron chi connectivity index (χ3n) is 21.7. The van der Waals surface area contributed by atoms with Gasteiger partial charge >= 0.3 is 6.18 Å². The molecule has 13 rings (SSSR count). The normalized spacial score (nSPS) is 15.8. The van der Waals surface area contributed by atoms with E-state index in [1.165, 1.54) is 76.6 Å². The fourth-order valence-corrected chi connectivity index (χ4v) is 17.0. The van der Waals surface area contributed by atoms with Gasteiger partial charge in [0.15, 0.2) is 11.6 Å². The summed E-state index contributed by atoms with van der Waals surface area (Å²) >= 11 is 20.1. The van der Waals surface area contributed by atoms with E-state index in [-0.39, 0.29) is 16.4 Å². The van der Waals surface area contributed by atoms with Crippen molar-refractivity contribution in [2.75, 3.05) is 92.5 Å². The molecule has 2 fully saturated rings. The molecule has 9 heterocycles. The molecule has 24 nitrogen and oxygen atoms in total. The first-order chi connectivity index (χ1) is 55.0. The molecule has 0 N–H and O–H groups in total. The molecule has 4 aromatic heterocycles. The third kappa shape index (κ3) is 19.7. The van der Waals surface area contributed by atoms with Gasteiger partial charge in [-0.2, -0.15) is 23.1 Å². The molecule has 0 amide bonds. The quantitative estimate of drug-likeness (QED) is 0.0282. The lowest BCUT2D eigenvalue weighted by atomic mass is 9.77. The largest absolute Gasteiger partial charge is 0.495 e. The highest BCUT2D eigenvalue weighted by Crippen LogP contribution is 2.54. The predicted octanol–water partition coefficient (Wildman–Crippen LogP) is 25.1. The van der Waals surface area contributed by atoms with E-state index in [0.29, 0.717) is 83.6 Å². The van der Waals surface area contributed by atoms with Crippen LogP contribution in [-0.4, -0.2) is 113 Å². The standard InChI is InChI=1S/C24H31ClN6S.C21H23Cl2F3N4O.C20H29N5O.C19H24N6O/c1-8-12-31-23(26-6)21(32-7)22(29-31)28-27-19-15(3)17-14(2)10-13-30-20(17)16(18(19)25)9-11-24(30,4)5;1-5-31-18-13(4)16(11(2)12(3)17(18)30-8-6-7-9-30)28-29-20-15(22)10-14(19(23)27-20)21(24,25)26;1-6-9-16-15-10-8-11-24(4)17(15)12-14(3)19(16)21-22-20-18(26-7-2)13-25(5)23-20;1-4-25-13-15(12-20)19(23-25)22-21-16-11-18(26-3)17(10-14(16)2)24-8-6-5-7-9-24/h14H,8-13H2,1-5,7H3;10H,5-9H2,1-4H3;12-13H,6-11H2,1-5H3;10-11,13H,4-9H2,1-3H3. The van der Waals surface area contributed by atoms with Gasteiger partial charge in [0.1, 0.15) is 34.0 Å². The number of methoxy groups -OCH3 is 1. The molecule has 0 spiro atoms. The Kier molecular flexibility index (Phi) is 29.9. The number of aryl methyl sites for hydroxylation is 5. The number of piperidine rings is 1. The van der Waals surface area contributed by atoms with Gasteiger partial charge in [-0.05, 0) is 234 Å². The maximum Gasteiger partial charge on any atom is 0.419 e. The first kappa shape index (κ1) is 88.0. The van der Waals surface area contributed by atoms with Gasteiger partial charge in [-0.25, -0.2) is 4.98 Å². The number of rotatable bonds is 21. The number of ether oxygens (including phenoxy) is 3. The molecule has 4 aromatic carbocycles. The van der Waals surface area contributed by atoms with E-state index >= 15 is 0 Å². The summed E-state index contributed by atoms with van der Waals surface area (Å²) in [4.78, 5) is 17.7. The zero-order chi connectivity index (χ0) is 83.3. The number of pyridine rings is 1. The molecular formula is C84H107Cl3F3N21O3S. The number of aromatic nitrogens is 7. The Labute approximate surface area is 693 Å². The number of alkyl halides is 3. The number of azo groups is 4. The average molecular weight is 1650 g/mol. The van der Waals surface area contributed by atoms with Crippen LogP contribution in [-0.2, 0) is 45.6 Å². The van der Waals surface area contributed by atoms with Crippen molar-refractivity contribution in [2.24, 2.45) is 48.0 Å². The van der Waals surface area contributed by atoms with Crippen LogP contribution >= 0.6 is 46.6 Å². The second-order valence-corrected chi connectivity index (χ2v) is 32.0. The molecule has 115 heavy (non-hydrogen) atoms. The van der Waals surface area contributed by atoms with E-state index in [1.807, 2.05) is 74.0 Å². The Hall–Kier alpha value is -9.35. The predicted molar refractivity (Wildman–Crippen MR) is 456 cm³/mol. The summed E-state index contributed by atoms with van der Waals surface area (Å²) in [5.74, 6) is 4.39. The van der Waals surface area contributed by atoms with E-state index in [9.17, 15) is 18.4 Å².